The molecule has 4 aliphatic rings. The minimum absolute atomic E-state index is 0.488. The number of hydrogen-bond donors (Lipinski definition) is 1. The van der Waals surface area contributed by atoms with Crippen molar-refractivity contribution >= 4 is 0 Å². The molecule has 0 radical (unpaired) electrons. The van der Waals surface area contributed by atoms with Crippen LogP contribution in [-0.2, 0) is 20.0 Å². The molecule has 5 rings (SSSR count). The number of nitrogens with zero attached hydrogens (tertiary/aromatic N) is 3. The van der Waals surface area contributed by atoms with Gasteiger partial charge in [-0.2, -0.15) is 5.10 Å². The monoisotopic (exact) mass is 274 g/mol. The second-order valence-electron chi connectivity index (χ2n) is 7.41. The molecular weight excluding hydrogens is 248 g/mol. The summed E-state index contributed by atoms with van der Waals surface area (Å²) in [5, 5.41) is 4.51. The second-order valence-corrected chi connectivity index (χ2v) is 7.41. The van der Waals surface area contributed by atoms with E-state index in [0.29, 0.717) is 6.54 Å². The Hall–Kier alpha value is -0.900. The van der Waals surface area contributed by atoms with Crippen molar-refractivity contribution in [3.8, 4) is 0 Å². The first kappa shape index (κ1) is 12.8. The van der Waals surface area contributed by atoms with Crippen molar-refractivity contribution in [2.24, 2.45) is 42.4 Å². The molecule has 0 atom stereocenters. The molecule has 4 saturated carbocycles. The predicted molar refractivity (Wildman–Crippen MR) is 77.8 cm³/mol. The minimum Gasteiger partial charge on any atom is -0.324 e. The number of aryl methyl sites for hydroxylation is 2. The van der Waals surface area contributed by atoms with Crippen LogP contribution in [0.1, 0.15) is 50.2 Å². The fourth-order valence-corrected chi connectivity index (χ4v) is 5.56. The van der Waals surface area contributed by atoms with Crippen molar-refractivity contribution in [1.82, 2.24) is 14.8 Å². The van der Waals surface area contributed by atoms with Crippen LogP contribution >= 0.6 is 0 Å². The quantitative estimate of drug-likeness (QED) is 0.916. The maximum atomic E-state index is 5.67. The lowest BCUT2D eigenvalue weighted by molar-refractivity contribution is -0.0395. The minimum atomic E-state index is 0.488. The van der Waals surface area contributed by atoms with Crippen LogP contribution in [0.15, 0.2) is 0 Å². The first-order chi connectivity index (χ1) is 9.72. The van der Waals surface area contributed by atoms with Gasteiger partial charge in [0, 0.05) is 13.5 Å². The van der Waals surface area contributed by atoms with Gasteiger partial charge in [-0.05, 0) is 68.1 Å². The Balaban J connectivity index is 1.42. The molecule has 1 aromatic rings. The Morgan fingerprint density at radius 1 is 1.10 bits per heavy atom. The molecule has 110 valence electrons. The average molecular weight is 274 g/mol. The summed E-state index contributed by atoms with van der Waals surface area (Å²) in [6.07, 6.45) is 9.94. The zero-order valence-corrected chi connectivity index (χ0v) is 12.5. The molecule has 4 bridgehead atoms. The van der Waals surface area contributed by atoms with Gasteiger partial charge in [-0.15, -0.1) is 0 Å². The van der Waals surface area contributed by atoms with Gasteiger partial charge in [0.15, 0.2) is 5.82 Å². The van der Waals surface area contributed by atoms with E-state index >= 15 is 0 Å². The molecule has 2 N–H and O–H groups in total. The highest BCUT2D eigenvalue weighted by Gasteiger charge is 2.47. The molecule has 0 amide bonds. The van der Waals surface area contributed by atoms with Crippen LogP contribution in [0.5, 0.6) is 0 Å². The molecule has 4 aliphatic carbocycles. The van der Waals surface area contributed by atoms with Gasteiger partial charge in [0.2, 0.25) is 0 Å². The van der Waals surface area contributed by atoms with Crippen molar-refractivity contribution in [2.75, 3.05) is 0 Å². The van der Waals surface area contributed by atoms with E-state index < -0.39 is 0 Å². The van der Waals surface area contributed by atoms with Crippen molar-refractivity contribution < 1.29 is 0 Å². The summed E-state index contributed by atoms with van der Waals surface area (Å²) in [6, 6.07) is 0. The third-order valence-corrected chi connectivity index (χ3v) is 6.20. The maximum Gasteiger partial charge on any atom is 0.151 e. The lowest BCUT2D eigenvalue weighted by atomic mass is 9.51. The summed E-state index contributed by atoms with van der Waals surface area (Å²) >= 11 is 0. The van der Waals surface area contributed by atoms with Gasteiger partial charge in [0.25, 0.3) is 0 Å². The Bertz CT molecular complexity index is 465. The normalized spacial score (nSPS) is 38.6. The summed E-state index contributed by atoms with van der Waals surface area (Å²) in [5.74, 6) is 7.05. The van der Waals surface area contributed by atoms with E-state index in [-0.39, 0.29) is 0 Å². The summed E-state index contributed by atoms with van der Waals surface area (Å²) in [5.41, 5.74) is 5.67. The van der Waals surface area contributed by atoms with Gasteiger partial charge >= 0.3 is 0 Å². The van der Waals surface area contributed by atoms with Crippen LogP contribution in [0.4, 0.5) is 0 Å². The third kappa shape index (κ3) is 2.09. The van der Waals surface area contributed by atoms with E-state index in [1.54, 1.807) is 6.42 Å². The van der Waals surface area contributed by atoms with Crippen LogP contribution in [0.2, 0.25) is 0 Å². The Labute approximate surface area is 121 Å². The standard InChI is InChI=1S/C16H26N4/c1-20-16(9-17)18-15(19-20)3-2-14-12-5-10-4-11(7-12)8-13(14)6-10/h10-14H,2-9,17H2,1H3. The van der Waals surface area contributed by atoms with Gasteiger partial charge in [0.05, 0.1) is 6.54 Å². The average Bonchev–Trinajstić information content (AvgIpc) is 2.77. The highest BCUT2D eigenvalue weighted by molar-refractivity contribution is 4.99. The summed E-state index contributed by atoms with van der Waals surface area (Å²) in [4.78, 5) is 4.56. The van der Waals surface area contributed by atoms with Crippen molar-refractivity contribution in [1.29, 1.82) is 0 Å². The number of rotatable bonds is 4. The lowest BCUT2D eigenvalue weighted by Crippen LogP contribution is -2.45. The molecule has 0 saturated heterocycles. The summed E-state index contributed by atoms with van der Waals surface area (Å²) in [6.45, 7) is 0.488. The molecule has 1 aromatic heterocycles. The van der Waals surface area contributed by atoms with Gasteiger partial charge in [-0.3, -0.25) is 4.68 Å². The molecule has 20 heavy (non-hydrogen) atoms. The maximum absolute atomic E-state index is 5.67. The van der Waals surface area contributed by atoms with Crippen LogP contribution in [-0.4, -0.2) is 14.8 Å². The van der Waals surface area contributed by atoms with Gasteiger partial charge in [0.1, 0.15) is 5.82 Å². The fourth-order valence-electron chi connectivity index (χ4n) is 5.56. The Morgan fingerprint density at radius 2 is 1.75 bits per heavy atom. The molecular formula is C16H26N4. The van der Waals surface area contributed by atoms with E-state index in [2.05, 4.69) is 10.1 Å². The zero-order valence-electron chi connectivity index (χ0n) is 12.5. The zero-order chi connectivity index (χ0) is 13.7. The van der Waals surface area contributed by atoms with Crippen LogP contribution < -0.4 is 5.73 Å². The summed E-state index contributed by atoms with van der Waals surface area (Å²) in [7, 11) is 1.95. The van der Waals surface area contributed by atoms with E-state index in [1.807, 2.05) is 11.7 Å². The smallest absolute Gasteiger partial charge is 0.151 e. The number of aromatic nitrogens is 3. The highest BCUT2D eigenvalue weighted by Crippen LogP contribution is 2.57. The number of hydrogen-bond acceptors (Lipinski definition) is 3. The Morgan fingerprint density at radius 3 is 2.30 bits per heavy atom. The molecule has 4 fully saturated rings. The van der Waals surface area contributed by atoms with Crippen molar-refractivity contribution in [3.05, 3.63) is 11.6 Å². The van der Waals surface area contributed by atoms with E-state index in [1.165, 1.54) is 32.1 Å². The van der Waals surface area contributed by atoms with Crippen molar-refractivity contribution in [3.63, 3.8) is 0 Å². The van der Waals surface area contributed by atoms with Gasteiger partial charge in [-0.25, -0.2) is 4.98 Å². The molecule has 4 nitrogen and oxygen atoms in total. The largest absolute Gasteiger partial charge is 0.324 e. The third-order valence-electron chi connectivity index (χ3n) is 6.20. The second kappa shape index (κ2) is 4.83. The van der Waals surface area contributed by atoms with E-state index in [9.17, 15) is 0 Å². The topological polar surface area (TPSA) is 56.7 Å². The molecule has 0 aromatic carbocycles. The van der Waals surface area contributed by atoms with Crippen LogP contribution in [0.3, 0.4) is 0 Å². The molecule has 0 aliphatic heterocycles. The predicted octanol–water partition coefficient (Wildman–Crippen LogP) is 2.28. The first-order valence-corrected chi connectivity index (χ1v) is 8.31. The SMILES string of the molecule is Cn1nc(CCC2C3CC4CC(C3)CC2C4)nc1CN. The lowest BCUT2D eigenvalue weighted by Gasteiger charge is -2.54. The first-order valence-electron chi connectivity index (χ1n) is 8.31. The van der Waals surface area contributed by atoms with Gasteiger partial charge < -0.3 is 5.73 Å². The Kier molecular flexibility index (Phi) is 3.09. The fraction of sp³-hybridized carbons (Fsp3) is 0.875. The molecule has 0 spiro atoms. The number of nitrogens with two attached hydrogens (primary N) is 1. The molecule has 0 unspecified atom stereocenters. The van der Waals surface area contributed by atoms with Crippen LogP contribution in [0.25, 0.3) is 0 Å². The van der Waals surface area contributed by atoms with Gasteiger partial charge in [-0.1, -0.05) is 0 Å². The molecule has 1 heterocycles. The van der Waals surface area contributed by atoms with E-state index in [4.69, 9.17) is 5.73 Å². The molecule has 4 heteroatoms. The van der Waals surface area contributed by atoms with E-state index in [0.717, 1.165) is 47.7 Å². The summed E-state index contributed by atoms with van der Waals surface area (Å²) < 4.78 is 1.84. The van der Waals surface area contributed by atoms with Crippen molar-refractivity contribution in [2.45, 2.75) is 51.5 Å². The highest BCUT2D eigenvalue weighted by atomic mass is 15.3. The van der Waals surface area contributed by atoms with Crippen LogP contribution in [0, 0.1) is 29.6 Å².